The number of aryl methyl sites for hydroxylation is 10. The molecule has 5 saturated heterocycles. The zero-order valence-electron chi connectivity index (χ0n) is 86.9. The summed E-state index contributed by atoms with van der Waals surface area (Å²) in [4.78, 5) is 85.8. The van der Waals surface area contributed by atoms with Gasteiger partial charge in [0.25, 0.3) is 0 Å². The zero-order chi connectivity index (χ0) is 101. The van der Waals surface area contributed by atoms with Crippen molar-refractivity contribution in [2.75, 3.05) is 145 Å². The van der Waals surface area contributed by atoms with Crippen LogP contribution in [0.5, 0.6) is 0 Å². The minimum Gasteiger partial charge on any atom is -0.396 e. The molecule has 10 fully saturated rings. The minimum absolute atomic E-state index is 0.00129. The maximum Gasteiger partial charge on any atom is 0.239 e. The Hall–Kier alpha value is -11.1. The van der Waals surface area contributed by atoms with Crippen LogP contribution in [0.15, 0.2) is 104 Å². The monoisotopic (exact) mass is 1960 g/mol. The summed E-state index contributed by atoms with van der Waals surface area (Å²) >= 11 is 0. The number of nitrogens with one attached hydrogen (secondary N) is 10. The highest BCUT2D eigenvalue weighted by molar-refractivity contribution is 5.97. The van der Waals surface area contributed by atoms with E-state index < -0.39 is 0 Å². The second-order valence-electron chi connectivity index (χ2n) is 42.6. The van der Waals surface area contributed by atoms with Gasteiger partial charge in [-0.1, -0.05) is 71.1 Å². The fourth-order valence-corrected chi connectivity index (χ4v) is 23.0. The Balaban J connectivity index is 0.000000128. The van der Waals surface area contributed by atoms with E-state index in [4.69, 9.17) is 9.47 Å². The van der Waals surface area contributed by atoms with Gasteiger partial charge in [-0.05, 0) is 249 Å². The van der Waals surface area contributed by atoms with Gasteiger partial charge in [0, 0.05) is 177 Å². The van der Waals surface area contributed by atoms with Gasteiger partial charge in [-0.25, -0.2) is 0 Å². The summed E-state index contributed by atoms with van der Waals surface area (Å²) < 4.78 is 20.7. The summed E-state index contributed by atoms with van der Waals surface area (Å²) in [5.41, 5.74) is 11.2. The number of anilines is 5. The van der Waals surface area contributed by atoms with Crippen LogP contribution in [-0.2, 0) is 73.5 Å². The van der Waals surface area contributed by atoms with Crippen LogP contribution in [0.4, 0.5) is 29.1 Å². The summed E-state index contributed by atoms with van der Waals surface area (Å²) in [6.45, 7) is 32.6. The summed E-state index contributed by atoms with van der Waals surface area (Å²) in [5, 5.41) is 68.8. The third-order valence-electron chi connectivity index (χ3n) is 31.5. The van der Waals surface area contributed by atoms with E-state index in [0.717, 1.165) is 232 Å². The number of aliphatic hydroxyl groups excluding tert-OH is 1. The summed E-state index contributed by atoms with van der Waals surface area (Å²) in [5.74, 6) is 5.89. The Kier molecular flexibility index (Phi) is 35.7. The quantitative estimate of drug-likeness (QED) is 0.0174. The number of carbonyl (C=O) groups is 6. The van der Waals surface area contributed by atoms with Gasteiger partial charge < -0.3 is 67.7 Å². The van der Waals surface area contributed by atoms with Crippen LogP contribution in [0.1, 0.15) is 177 Å². The third-order valence-corrected chi connectivity index (χ3v) is 31.5. The summed E-state index contributed by atoms with van der Waals surface area (Å²) in [6.07, 6.45) is 26.1. The zero-order valence-corrected chi connectivity index (χ0v) is 86.9. The molecule has 774 valence electrons. The second-order valence-corrected chi connectivity index (χ2v) is 42.6. The summed E-state index contributed by atoms with van der Waals surface area (Å²) in [6, 6.07) is 35.6. The van der Waals surface area contributed by atoms with Gasteiger partial charge in [0.2, 0.25) is 29.5 Å². The molecule has 5 amide bonds. The number of hydrogen-bond donors (Lipinski definition) is 11. The molecule has 0 spiro atoms. The molecule has 5 saturated carbocycles. The van der Waals surface area contributed by atoms with Gasteiger partial charge in [-0.15, -0.1) is 6.58 Å². The summed E-state index contributed by atoms with van der Waals surface area (Å²) in [7, 11) is 9.60. The van der Waals surface area contributed by atoms with Crippen molar-refractivity contribution in [3.63, 3.8) is 0 Å². The molecule has 11 N–H and O–H groups in total. The van der Waals surface area contributed by atoms with Gasteiger partial charge >= 0.3 is 0 Å². The highest BCUT2D eigenvalue weighted by Gasteiger charge is 2.42. The number of amides is 5. The number of ether oxygens (including phenoxy) is 2. The molecule has 34 heteroatoms. The lowest BCUT2D eigenvalue weighted by molar-refractivity contribution is -0.123. The van der Waals surface area contributed by atoms with Crippen LogP contribution >= 0.6 is 0 Å². The highest BCUT2D eigenvalue weighted by atomic mass is 16.5. The van der Waals surface area contributed by atoms with E-state index >= 15 is 0 Å². The van der Waals surface area contributed by atoms with E-state index in [9.17, 15) is 33.9 Å². The average molecular weight is 1960 g/mol. The first-order chi connectivity index (χ1) is 69.0. The molecule has 34 nitrogen and oxygen atoms in total. The Labute approximate surface area is 843 Å². The largest absolute Gasteiger partial charge is 0.396 e. The highest BCUT2D eigenvalue weighted by Crippen LogP contribution is 2.37. The maximum atomic E-state index is 12.4. The van der Waals surface area contributed by atoms with Crippen LogP contribution < -0.4 is 53.2 Å². The van der Waals surface area contributed by atoms with Crippen molar-refractivity contribution in [3.05, 3.63) is 131 Å². The van der Waals surface area contributed by atoms with Gasteiger partial charge in [-0.2, -0.15) is 25.5 Å². The van der Waals surface area contributed by atoms with Gasteiger partial charge in [-0.3, -0.25) is 76.7 Å². The molecule has 20 rings (SSSR count). The number of rotatable bonds is 32. The molecule has 0 unspecified atom stereocenters. The van der Waals surface area contributed by atoms with Gasteiger partial charge in [0.05, 0.1) is 109 Å². The predicted octanol–water partition coefficient (Wildman–Crippen LogP) is 11.6. The Bertz CT molecular complexity index is 5970. The first-order valence-corrected chi connectivity index (χ1v) is 53.0. The Morgan fingerprint density at radius 3 is 0.811 bits per heavy atom. The number of nitrogens with zero attached hydrogens (tertiary/aromatic N) is 15. The average Bonchev–Trinajstić information content (AvgIpc) is 1.72. The lowest BCUT2D eigenvalue weighted by atomic mass is 9.82. The number of benzene rings is 5. The van der Waals surface area contributed by atoms with E-state index in [0.29, 0.717) is 67.3 Å². The lowest BCUT2D eigenvalue weighted by Gasteiger charge is -2.46. The van der Waals surface area contributed by atoms with Crippen LogP contribution in [0, 0.1) is 52.4 Å². The van der Waals surface area contributed by atoms with Gasteiger partial charge in [0.1, 0.15) is 5.78 Å². The third kappa shape index (κ3) is 27.4. The fraction of sp³-hybridized carbons (Fsp3) is 0.606. The molecular weight excluding hydrogens is 1800 g/mol. The smallest absolute Gasteiger partial charge is 0.239 e. The number of ketones is 1. The van der Waals surface area contributed by atoms with Crippen LogP contribution in [-0.4, -0.2) is 304 Å². The van der Waals surface area contributed by atoms with Crippen molar-refractivity contribution >= 4 is 119 Å². The van der Waals surface area contributed by atoms with Crippen molar-refractivity contribution in [1.29, 1.82) is 0 Å². The maximum absolute atomic E-state index is 12.4. The topological polar surface area (TPSA) is 367 Å². The Morgan fingerprint density at radius 1 is 0.350 bits per heavy atom. The second kappa shape index (κ2) is 48.7. The molecule has 5 aliphatic heterocycles. The predicted molar refractivity (Wildman–Crippen MR) is 568 cm³/mol. The van der Waals surface area contributed by atoms with Crippen LogP contribution in [0.2, 0.25) is 0 Å². The van der Waals surface area contributed by atoms with Crippen molar-refractivity contribution in [2.24, 2.45) is 53.0 Å². The molecule has 0 atom stereocenters. The molecule has 5 aliphatic carbocycles. The fourth-order valence-electron chi connectivity index (χ4n) is 23.0. The van der Waals surface area contributed by atoms with Crippen molar-refractivity contribution < 1.29 is 43.3 Å². The van der Waals surface area contributed by atoms with E-state index in [2.05, 4.69) is 249 Å². The number of fused-ring (bicyclic) bond motifs is 5. The van der Waals surface area contributed by atoms with Crippen LogP contribution in [0.3, 0.4) is 0 Å². The number of aliphatic hydroxyl groups is 1. The van der Waals surface area contributed by atoms with Crippen molar-refractivity contribution in [2.45, 2.75) is 256 Å². The lowest BCUT2D eigenvalue weighted by Crippen LogP contribution is -2.63. The normalized spacial score (nSPS) is 23.2. The Morgan fingerprint density at radius 2 is 0.580 bits per heavy atom. The molecule has 0 radical (unpaired) electrons. The molecule has 10 aliphatic rings. The molecule has 10 heterocycles. The molecule has 5 aromatic carbocycles. The van der Waals surface area contributed by atoms with E-state index in [1.165, 1.54) is 92.0 Å². The van der Waals surface area contributed by atoms with E-state index in [1.54, 1.807) is 6.92 Å². The van der Waals surface area contributed by atoms with Crippen molar-refractivity contribution in [1.82, 2.24) is 100.0 Å². The van der Waals surface area contributed by atoms with Crippen LogP contribution in [0.25, 0.3) is 54.5 Å². The number of carbonyl (C=O) groups excluding carboxylic acids is 6. The number of Topliss-reactive ketones (excluding diaryl/α,β-unsaturated/α-hetero) is 1. The molecule has 10 aromatic rings. The SMILES string of the molecule is C=CCOC1CCC(N2CC(NC(=O)CNc3nn(C)c4ccc(C)cc34)C2)CC1.CC(=O)C1CCC(N2CC(NC(=O)CNc3nn(C)c4ccc(C)cc34)C2)CC1.CCOC1CCC(N2CC(NC(=O)CNc3nn(C)c4ccc(C)cc34)C2)CC1.Cc1ccc2c(c1)c(NCC(=O)NC1CN(C3CCC(C)CC3)C1)nn2C.Cc1ccc2c(c1)c(NCC(=O)NC1CN(C3CCC(CO)CC3)C1)nn2C. The number of hydrogen-bond acceptors (Lipinski definition) is 24. The molecule has 5 aromatic heterocycles. The van der Waals surface area contributed by atoms with E-state index in [1.807, 2.05) is 64.7 Å². The molecule has 0 bridgehead atoms. The van der Waals surface area contributed by atoms with Gasteiger partial charge in [0.15, 0.2) is 29.1 Å². The van der Waals surface area contributed by atoms with Crippen molar-refractivity contribution in [3.8, 4) is 0 Å². The number of aromatic nitrogens is 10. The number of likely N-dealkylation sites (tertiary alicyclic amines) is 5. The standard InChI is InChI=1S/C23H33N5O2.C22H31N5O2.C22H33N5O2.C21H31N5O2.C21H31N5O/c1-4-11-30-19-8-6-18(7-9-19)28-14-17(15-28)25-22(29)13-24-23-20-12-16(2)5-10-21(20)27(3)26-23;1-14-4-9-20-19(10-14)22(25-26(20)3)23-11-21(29)24-17-12-27(13-17)18-7-5-16(6-8-18)15(2)28;1-4-29-18-8-6-17(7-9-18)27-13-16(14-27)24-21(28)12-23-22-19-11-15(2)5-10-20(19)26(3)25-22;1-14-3-8-19-18(9-14)21(24-25(19)2)22-10-20(28)23-16-11-26(12-16)17-6-4-15(13-27)5-7-17;1-14-4-7-17(8-5-14)26-12-16(13-26)23-20(27)11-22-21-18-10-15(2)6-9-19(18)25(3)24-21/h4-5,10,12,17-19H,1,6-9,11,13-15H2,2-3H3,(H,24,26)(H,25,29);4,9-10,16-18H,5-8,11-13H2,1-3H3,(H,23,25)(H,24,29);5,10-11,16-18H,4,6-9,12-14H2,1-3H3,(H,23,25)(H,24,28);3,8-9,15-17,27H,4-7,10-13H2,1-2H3,(H,22,24)(H,23,28);6,9-10,14,16-17H,4-5,7-8,11-13H2,1-3H3,(H,22,24)(H,23,27). The first-order valence-electron chi connectivity index (χ1n) is 53.0. The molecular formula is C109H159N25O9. The molecule has 143 heavy (non-hydrogen) atoms. The minimum atomic E-state index is 0.00129. The van der Waals surface area contributed by atoms with E-state index in [-0.39, 0.29) is 92.3 Å². The first kappa shape index (κ1) is 105.